The highest BCUT2D eigenvalue weighted by Gasteiger charge is 2.15. The van der Waals surface area contributed by atoms with Gasteiger partial charge in [-0.05, 0) is 30.3 Å². The molecule has 0 radical (unpaired) electrons. The maximum Gasteiger partial charge on any atom is 0.176 e. The third kappa shape index (κ3) is 3.33. The topological polar surface area (TPSA) is 68.5 Å². The molecule has 2 heterocycles. The monoisotopic (exact) mass is 246 g/mol. The van der Waals surface area contributed by atoms with Crippen LogP contribution in [-0.4, -0.2) is 31.7 Å². The third-order valence-electron chi connectivity index (χ3n) is 2.62. The summed E-state index contributed by atoms with van der Waals surface area (Å²) >= 11 is 0. The average molecular weight is 246 g/mol. The molecule has 2 aromatic heterocycles. The molecule has 0 aliphatic rings. The molecule has 2 aromatic rings. The van der Waals surface area contributed by atoms with E-state index in [4.69, 9.17) is 0 Å². The van der Waals surface area contributed by atoms with Gasteiger partial charge < -0.3 is 5.32 Å². The molecule has 0 aromatic carbocycles. The molecule has 6 nitrogen and oxygen atoms in total. The summed E-state index contributed by atoms with van der Waals surface area (Å²) in [5.74, 6) is 0.733. The van der Waals surface area contributed by atoms with Crippen molar-refractivity contribution in [1.29, 1.82) is 0 Å². The summed E-state index contributed by atoms with van der Waals surface area (Å²) < 4.78 is 0. The number of nitrogens with one attached hydrogen (secondary N) is 1. The molecule has 0 fully saturated rings. The van der Waals surface area contributed by atoms with E-state index in [1.807, 2.05) is 18.2 Å². The van der Waals surface area contributed by atoms with Gasteiger partial charge in [0.25, 0.3) is 0 Å². The van der Waals surface area contributed by atoms with E-state index < -0.39 is 0 Å². The van der Waals surface area contributed by atoms with Crippen molar-refractivity contribution in [2.45, 2.75) is 25.8 Å². The highest BCUT2D eigenvalue weighted by molar-refractivity contribution is 5.10. The van der Waals surface area contributed by atoms with Crippen molar-refractivity contribution in [2.75, 3.05) is 6.54 Å². The number of aryl methyl sites for hydroxylation is 1. The van der Waals surface area contributed by atoms with Gasteiger partial charge in [-0.25, -0.2) is 0 Å². The van der Waals surface area contributed by atoms with E-state index >= 15 is 0 Å². The summed E-state index contributed by atoms with van der Waals surface area (Å²) in [5, 5.41) is 15.5. The zero-order valence-corrected chi connectivity index (χ0v) is 10.7. The number of hydrogen-bond acceptors (Lipinski definition) is 5. The summed E-state index contributed by atoms with van der Waals surface area (Å²) in [4.78, 5) is 5.87. The van der Waals surface area contributed by atoms with Crippen LogP contribution in [-0.2, 0) is 13.5 Å². The minimum atomic E-state index is 0.135. The van der Waals surface area contributed by atoms with Crippen molar-refractivity contribution in [3.8, 4) is 0 Å². The molecule has 0 aliphatic heterocycles. The second kappa shape index (κ2) is 6.20. The molecule has 0 bridgehead atoms. The predicted octanol–water partition coefficient (Wildman–Crippen LogP) is 0.888. The Morgan fingerprint density at radius 2 is 2.28 bits per heavy atom. The largest absolute Gasteiger partial charge is 0.308 e. The van der Waals surface area contributed by atoms with E-state index in [0.717, 1.165) is 24.5 Å². The zero-order valence-electron chi connectivity index (χ0n) is 10.7. The van der Waals surface area contributed by atoms with E-state index in [1.54, 1.807) is 13.2 Å². The van der Waals surface area contributed by atoms with Crippen molar-refractivity contribution in [3.05, 3.63) is 35.9 Å². The minimum Gasteiger partial charge on any atom is -0.308 e. The molecule has 0 saturated carbocycles. The molecular weight excluding hydrogens is 228 g/mol. The Kier molecular flexibility index (Phi) is 4.35. The quantitative estimate of drug-likeness (QED) is 0.819. The molecule has 1 atom stereocenters. The van der Waals surface area contributed by atoms with Crippen molar-refractivity contribution in [2.24, 2.45) is 7.05 Å². The Hall–Kier alpha value is -1.82. The number of nitrogens with zero attached hydrogens (tertiary/aromatic N) is 5. The molecule has 1 N–H and O–H groups in total. The van der Waals surface area contributed by atoms with Gasteiger partial charge in [0.15, 0.2) is 5.82 Å². The lowest BCUT2D eigenvalue weighted by Crippen LogP contribution is -2.25. The van der Waals surface area contributed by atoms with Crippen LogP contribution in [0.4, 0.5) is 0 Å². The Bertz CT molecular complexity index is 466. The van der Waals surface area contributed by atoms with Gasteiger partial charge in [-0.15, -0.1) is 10.2 Å². The first-order valence-electron chi connectivity index (χ1n) is 6.16. The summed E-state index contributed by atoms with van der Waals surface area (Å²) in [5.41, 5.74) is 1.01. The van der Waals surface area contributed by atoms with E-state index in [1.165, 1.54) is 4.80 Å². The van der Waals surface area contributed by atoms with Gasteiger partial charge in [-0.3, -0.25) is 4.98 Å². The van der Waals surface area contributed by atoms with Crippen LogP contribution in [0.2, 0.25) is 0 Å². The highest BCUT2D eigenvalue weighted by atomic mass is 15.6. The second-order valence-corrected chi connectivity index (χ2v) is 4.16. The Morgan fingerprint density at radius 1 is 1.39 bits per heavy atom. The lowest BCUT2D eigenvalue weighted by atomic mass is 10.1. The SMILES string of the molecule is CCCNC(Cc1nnn(C)n1)c1ccccn1. The summed E-state index contributed by atoms with van der Waals surface area (Å²) in [7, 11) is 1.77. The molecule has 0 saturated heterocycles. The van der Waals surface area contributed by atoms with Crippen molar-refractivity contribution in [1.82, 2.24) is 30.5 Å². The maximum atomic E-state index is 4.39. The smallest absolute Gasteiger partial charge is 0.176 e. The fourth-order valence-electron chi connectivity index (χ4n) is 1.77. The van der Waals surface area contributed by atoms with Gasteiger partial charge in [0.05, 0.1) is 18.8 Å². The van der Waals surface area contributed by atoms with E-state index in [0.29, 0.717) is 6.42 Å². The maximum absolute atomic E-state index is 4.39. The molecule has 0 amide bonds. The van der Waals surface area contributed by atoms with Gasteiger partial charge >= 0.3 is 0 Å². The molecule has 96 valence electrons. The number of hydrogen-bond donors (Lipinski definition) is 1. The van der Waals surface area contributed by atoms with Crippen LogP contribution in [0.25, 0.3) is 0 Å². The van der Waals surface area contributed by atoms with Crippen LogP contribution >= 0.6 is 0 Å². The van der Waals surface area contributed by atoms with Gasteiger partial charge in [-0.1, -0.05) is 13.0 Å². The molecule has 6 heteroatoms. The van der Waals surface area contributed by atoms with E-state index in [2.05, 4.69) is 32.6 Å². The molecule has 18 heavy (non-hydrogen) atoms. The molecule has 1 unspecified atom stereocenters. The van der Waals surface area contributed by atoms with Crippen molar-refractivity contribution in [3.63, 3.8) is 0 Å². The van der Waals surface area contributed by atoms with Crippen LogP contribution in [0.5, 0.6) is 0 Å². The standard InChI is InChI=1S/C12H18N6/c1-3-7-13-11(10-6-4-5-8-14-10)9-12-15-17-18(2)16-12/h4-6,8,11,13H,3,7,9H2,1-2H3. The molecule has 0 spiro atoms. The first-order valence-corrected chi connectivity index (χ1v) is 6.16. The third-order valence-corrected chi connectivity index (χ3v) is 2.62. The Balaban J connectivity index is 2.10. The lowest BCUT2D eigenvalue weighted by molar-refractivity contribution is 0.506. The normalized spacial score (nSPS) is 12.6. The number of tetrazole rings is 1. The molecular formula is C12H18N6. The minimum absolute atomic E-state index is 0.135. The highest BCUT2D eigenvalue weighted by Crippen LogP contribution is 2.13. The van der Waals surface area contributed by atoms with Gasteiger partial charge in [0, 0.05) is 12.6 Å². The van der Waals surface area contributed by atoms with Gasteiger partial charge in [-0.2, -0.15) is 4.80 Å². The Labute approximate surface area is 106 Å². The fraction of sp³-hybridized carbons (Fsp3) is 0.500. The van der Waals surface area contributed by atoms with Gasteiger partial charge in [0.2, 0.25) is 0 Å². The van der Waals surface area contributed by atoms with Crippen molar-refractivity contribution < 1.29 is 0 Å². The summed E-state index contributed by atoms with van der Waals surface area (Å²) in [6, 6.07) is 6.06. The number of aromatic nitrogens is 5. The predicted molar refractivity (Wildman–Crippen MR) is 67.8 cm³/mol. The second-order valence-electron chi connectivity index (χ2n) is 4.16. The summed E-state index contributed by atoms with van der Waals surface area (Å²) in [6.45, 7) is 3.09. The van der Waals surface area contributed by atoms with Crippen LogP contribution in [0.15, 0.2) is 24.4 Å². The molecule has 0 aliphatic carbocycles. The number of pyridine rings is 1. The first kappa shape index (κ1) is 12.6. The summed E-state index contributed by atoms with van der Waals surface area (Å²) in [6.07, 6.45) is 3.59. The lowest BCUT2D eigenvalue weighted by Gasteiger charge is -2.16. The van der Waals surface area contributed by atoms with E-state index in [-0.39, 0.29) is 6.04 Å². The van der Waals surface area contributed by atoms with Crippen LogP contribution < -0.4 is 5.32 Å². The average Bonchev–Trinajstić information content (AvgIpc) is 2.81. The first-order chi connectivity index (χ1) is 8.79. The fourth-order valence-corrected chi connectivity index (χ4v) is 1.77. The van der Waals surface area contributed by atoms with Crippen molar-refractivity contribution >= 4 is 0 Å². The van der Waals surface area contributed by atoms with Crippen LogP contribution in [0, 0.1) is 0 Å². The zero-order chi connectivity index (χ0) is 12.8. The van der Waals surface area contributed by atoms with E-state index in [9.17, 15) is 0 Å². The van der Waals surface area contributed by atoms with Gasteiger partial charge in [0.1, 0.15) is 0 Å². The Morgan fingerprint density at radius 3 is 2.89 bits per heavy atom. The number of rotatable bonds is 6. The molecule has 2 rings (SSSR count). The van der Waals surface area contributed by atoms with Crippen LogP contribution in [0.1, 0.15) is 30.9 Å². The van der Waals surface area contributed by atoms with Crippen LogP contribution in [0.3, 0.4) is 0 Å².